The molecule has 2 aromatic rings. The molecule has 24 heavy (non-hydrogen) atoms. The van der Waals surface area contributed by atoms with Crippen molar-refractivity contribution in [3.63, 3.8) is 0 Å². The van der Waals surface area contributed by atoms with Crippen LogP contribution in [-0.4, -0.2) is 41.5 Å². The number of benzene rings is 1. The molecule has 2 heterocycles. The number of ether oxygens (including phenoxy) is 1. The van der Waals surface area contributed by atoms with Gasteiger partial charge in [0.25, 0.3) is 5.91 Å². The lowest BCUT2D eigenvalue weighted by Crippen LogP contribution is -2.41. The first-order chi connectivity index (χ1) is 11.7. The van der Waals surface area contributed by atoms with Crippen molar-refractivity contribution in [1.29, 1.82) is 0 Å². The molecule has 1 amide bonds. The van der Waals surface area contributed by atoms with Crippen LogP contribution >= 0.6 is 22.9 Å². The smallest absolute Gasteiger partial charge is 0.265 e. The summed E-state index contributed by atoms with van der Waals surface area (Å²) in [5, 5.41) is 4.62. The van der Waals surface area contributed by atoms with Gasteiger partial charge in [-0.25, -0.2) is 4.98 Å². The summed E-state index contributed by atoms with van der Waals surface area (Å²) in [4.78, 5) is 19.3. The maximum Gasteiger partial charge on any atom is 0.265 e. The molecule has 1 saturated heterocycles. The highest BCUT2D eigenvalue weighted by Gasteiger charge is 2.25. The van der Waals surface area contributed by atoms with E-state index in [9.17, 15) is 4.79 Å². The van der Waals surface area contributed by atoms with Crippen molar-refractivity contribution in [2.75, 3.05) is 25.0 Å². The second kappa shape index (κ2) is 7.85. The number of aromatic nitrogens is 1. The quantitative estimate of drug-likeness (QED) is 0.872. The number of likely N-dealkylation sites (tertiary alicyclic amines) is 1. The number of hydrogen-bond donors (Lipinski definition) is 1. The summed E-state index contributed by atoms with van der Waals surface area (Å²) in [6.45, 7) is 4.21. The van der Waals surface area contributed by atoms with Gasteiger partial charge in [0.15, 0.2) is 5.13 Å². The first kappa shape index (κ1) is 17.0. The Morgan fingerprint density at radius 2 is 2.08 bits per heavy atom. The van der Waals surface area contributed by atoms with Crippen LogP contribution in [0, 0.1) is 0 Å². The molecule has 0 spiro atoms. The zero-order valence-electron chi connectivity index (χ0n) is 13.5. The third kappa shape index (κ3) is 4.19. The van der Waals surface area contributed by atoms with E-state index in [1.165, 1.54) is 11.3 Å². The van der Waals surface area contributed by atoms with Gasteiger partial charge in [0.2, 0.25) is 0 Å². The lowest BCUT2D eigenvalue weighted by Gasteiger charge is -2.31. The normalized spacial score (nSPS) is 15.3. The Hall–Kier alpha value is -1.79. The zero-order valence-corrected chi connectivity index (χ0v) is 15.1. The van der Waals surface area contributed by atoms with Crippen molar-refractivity contribution < 1.29 is 9.53 Å². The summed E-state index contributed by atoms with van der Waals surface area (Å²) in [7, 11) is 0. The molecule has 1 N–H and O–H groups in total. The van der Waals surface area contributed by atoms with Gasteiger partial charge in [0, 0.05) is 37.5 Å². The van der Waals surface area contributed by atoms with Crippen LogP contribution in [0.5, 0.6) is 5.75 Å². The molecular weight excluding hydrogens is 346 g/mol. The predicted molar refractivity (Wildman–Crippen MR) is 97.3 cm³/mol. The molecule has 1 aromatic carbocycles. The van der Waals surface area contributed by atoms with Crippen molar-refractivity contribution in [3.8, 4) is 5.75 Å². The monoisotopic (exact) mass is 365 g/mol. The van der Waals surface area contributed by atoms with Gasteiger partial charge in [0.1, 0.15) is 16.7 Å². The highest BCUT2D eigenvalue weighted by atomic mass is 35.5. The lowest BCUT2D eigenvalue weighted by atomic mass is 10.1. The molecule has 1 aliphatic heterocycles. The molecule has 0 unspecified atom stereocenters. The second-order valence-electron chi connectivity index (χ2n) is 5.62. The van der Waals surface area contributed by atoms with E-state index in [2.05, 4.69) is 10.3 Å². The number of nitrogens with zero attached hydrogens (tertiary/aromatic N) is 2. The van der Waals surface area contributed by atoms with E-state index in [1.54, 1.807) is 6.20 Å². The van der Waals surface area contributed by atoms with Gasteiger partial charge in [-0.3, -0.25) is 4.79 Å². The van der Waals surface area contributed by atoms with Crippen LogP contribution in [0.25, 0.3) is 0 Å². The van der Waals surface area contributed by atoms with Crippen molar-refractivity contribution in [2.24, 2.45) is 0 Å². The molecule has 0 aliphatic carbocycles. The molecule has 0 radical (unpaired) electrons. The summed E-state index contributed by atoms with van der Waals surface area (Å²) in [6.07, 6.45) is 3.44. The average Bonchev–Trinajstić information content (AvgIpc) is 3.06. The van der Waals surface area contributed by atoms with Crippen LogP contribution < -0.4 is 10.1 Å². The third-order valence-corrected chi connectivity index (χ3v) is 5.09. The van der Waals surface area contributed by atoms with E-state index in [0.717, 1.165) is 30.3 Å². The number of carbonyl (C=O) groups is 1. The number of hydrogen-bond acceptors (Lipinski definition) is 5. The van der Waals surface area contributed by atoms with E-state index < -0.39 is 0 Å². The minimum absolute atomic E-state index is 0.0570. The SMILES string of the molecule is CCNc1ncc(C(=O)N2CCC(Oc3ccc(Cl)cc3)CC2)s1. The molecule has 5 nitrogen and oxygen atoms in total. The number of piperidine rings is 1. The standard InChI is InChI=1S/C17H20ClN3O2S/c1-2-19-17-20-11-15(24-17)16(22)21-9-7-14(8-10-21)23-13-5-3-12(18)4-6-13/h3-6,11,14H,2,7-10H2,1H3,(H,19,20). The van der Waals surface area contributed by atoms with Gasteiger partial charge in [0.05, 0.1) is 6.20 Å². The van der Waals surface area contributed by atoms with Crippen molar-refractivity contribution in [1.82, 2.24) is 9.88 Å². The summed E-state index contributed by atoms with van der Waals surface area (Å²) in [5.41, 5.74) is 0. The topological polar surface area (TPSA) is 54.5 Å². The van der Waals surface area contributed by atoms with Crippen LogP contribution in [0.4, 0.5) is 5.13 Å². The van der Waals surface area contributed by atoms with Gasteiger partial charge in [-0.2, -0.15) is 0 Å². The molecule has 0 atom stereocenters. The summed E-state index contributed by atoms with van der Waals surface area (Å²) >= 11 is 7.29. The van der Waals surface area contributed by atoms with Crippen molar-refractivity contribution in [2.45, 2.75) is 25.9 Å². The Balaban J connectivity index is 1.52. The number of anilines is 1. The molecule has 1 fully saturated rings. The Morgan fingerprint density at radius 3 is 2.75 bits per heavy atom. The van der Waals surface area contributed by atoms with Gasteiger partial charge in [-0.1, -0.05) is 22.9 Å². The van der Waals surface area contributed by atoms with E-state index in [4.69, 9.17) is 16.3 Å². The van der Waals surface area contributed by atoms with Crippen LogP contribution in [0.2, 0.25) is 5.02 Å². The minimum atomic E-state index is 0.0570. The fraction of sp³-hybridized carbons (Fsp3) is 0.412. The van der Waals surface area contributed by atoms with Gasteiger partial charge in [-0.05, 0) is 31.2 Å². The maximum absolute atomic E-state index is 12.5. The molecule has 7 heteroatoms. The Bertz CT molecular complexity index is 681. The molecule has 1 aliphatic rings. The largest absolute Gasteiger partial charge is 0.490 e. The van der Waals surface area contributed by atoms with Crippen LogP contribution in [-0.2, 0) is 0 Å². The average molecular weight is 366 g/mol. The van der Waals surface area contributed by atoms with Crippen LogP contribution in [0.15, 0.2) is 30.5 Å². The van der Waals surface area contributed by atoms with E-state index in [0.29, 0.717) is 23.0 Å². The minimum Gasteiger partial charge on any atom is -0.490 e. The van der Waals surface area contributed by atoms with Gasteiger partial charge in [-0.15, -0.1) is 0 Å². The molecule has 3 rings (SSSR count). The Kier molecular flexibility index (Phi) is 5.58. The molecule has 1 aromatic heterocycles. The number of amides is 1. The Labute approximate surface area is 150 Å². The van der Waals surface area contributed by atoms with E-state index in [1.807, 2.05) is 36.1 Å². The van der Waals surface area contributed by atoms with Crippen LogP contribution in [0.1, 0.15) is 29.4 Å². The predicted octanol–water partition coefficient (Wildman–Crippen LogP) is 3.91. The lowest BCUT2D eigenvalue weighted by molar-refractivity contribution is 0.0600. The molecule has 0 bridgehead atoms. The van der Waals surface area contributed by atoms with Crippen molar-refractivity contribution >= 4 is 34.0 Å². The van der Waals surface area contributed by atoms with E-state index in [-0.39, 0.29) is 12.0 Å². The summed E-state index contributed by atoms with van der Waals surface area (Å²) < 4.78 is 5.96. The second-order valence-corrected chi connectivity index (χ2v) is 7.09. The fourth-order valence-corrected chi connectivity index (χ4v) is 3.62. The fourth-order valence-electron chi connectivity index (χ4n) is 2.64. The summed E-state index contributed by atoms with van der Waals surface area (Å²) in [5.74, 6) is 0.878. The number of thiazole rings is 1. The highest BCUT2D eigenvalue weighted by molar-refractivity contribution is 7.17. The van der Waals surface area contributed by atoms with E-state index >= 15 is 0 Å². The van der Waals surface area contributed by atoms with Gasteiger partial charge >= 0.3 is 0 Å². The molecule has 0 saturated carbocycles. The first-order valence-electron chi connectivity index (χ1n) is 8.07. The highest BCUT2D eigenvalue weighted by Crippen LogP contribution is 2.24. The number of rotatable bonds is 5. The third-order valence-electron chi connectivity index (χ3n) is 3.89. The maximum atomic E-state index is 12.5. The van der Waals surface area contributed by atoms with Crippen LogP contribution in [0.3, 0.4) is 0 Å². The molecular formula is C17H20ClN3O2S. The van der Waals surface area contributed by atoms with Crippen molar-refractivity contribution in [3.05, 3.63) is 40.4 Å². The molecule has 128 valence electrons. The number of nitrogens with one attached hydrogen (secondary N) is 1. The summed E-state index contributed by atoms with van der Waals surface area (Å²) in [6, 6.07) is 7.39. The Morgan fingerprint density at radius 1 is 1.38 bits per heavy atom. The number of halogens is 1. The number of carbonyl (C=O) groups excluding carboxylic acids is 1. The zero-order chi connectivity index (χ0) is 16.9. The van der Waals surface area contributed by atoms with Gasteiger partial charge < -0.3 is 15.0 Å². The first-order valence-corrected chi connectivity index (χ1v) is 9.26.